The molecule has 30 heavy (non-hydrogen) atoms. The Morgan fingerprint density at radius 3 is 2.53 bits per heavy atom. The Labute approximate surface area is 172 Å². The predicted molar refractivity (Wildman–Crippen MR) is 114 cm³/mol. The molecule has 1 aliphatic rings. The van der Waals surface area contributed by atoms with Crippen LogP contribution in [0.4, 0.5) is 0 Å². The van der Waals surface area contributed by atoms with Gasteiger partial charge in [-0.05, 0) is 36.4 Å². The van der Waals surface area contributed by atoms with Crippen molar-refractivity contribution in [3.05, 3.63) is 54.1 Å². The Hall–Kier alpha value is -3.29. The number of aromatic carboxylic acids is 1. The molecule has 7 heteroatoms. The number of fused-ring (bicyclic) bond motifs is 4. The van der Waals surface area contributed by atoms with Gasteiger partial charge in [0.05, 0.1) is 40.8 Å². The molecule has 0 spiro atoms. The second-order valence-electron chi connectivity index (χ2n) is 7.29. The normalized spacial score (nSPS) is 15.1. The number of carbonyl (C=O) groups is 1. The van der Waals surface area contributed by atoms with E-state index < -0.39 is 5.97 Å². The third-order valence-corrected chi connectivity index (χ3v) is 5.45. The highest BCUT2D eigenvalue weighted by Crippen LogP contribution is 2.34. The van der Waals surface area contributed by atoms with Crippen molar-refractivity contribution in [1.29, 1.82) is 0 Å². The molecule has 0 unspecified atom stereocenters. The molecular formula is C23H21N3O4. The highest BCUT2D eigenvalue weighted by Gasteiger charge is 2.17. The summed E-state index contributed by atoms with van der Waals surface area (Å²) in [6.45, 7) is 4.60. The van der Waals surface area contributed by atoms with Crippen molar-refractivity contribution in [2.24, 2.45) is 0 Å². The topological polar surface area (TPSA) is 84.8 Å². The van der Waals surface area contributed by atoms with E-state index in [1.807, 2.05) is 36.4 Å². The Balaban J connectivity index is 1.58. The summed E-state index contributed by atoms with van der Waals surface area (Å²) in [5.74, 6) is -0.345. The Kier molecular flexibility index (Phi) is 4.90. The molecule has 4 aromatic rings. The van der Waals surface area contributed by atoms with Gasteiger partial charge in [-0.3, -0.25) is 4.90 Å². The van der Waals surface area contributed by atoms with Gasteiger partial charge in [0.25, 0.3) is 0 Å². The number of carboxylic acids is 1. The lowest BCUT2D eigenvalue weighted by atomic mass is 10.0. The molecule has 0 bridgehead atoms. The number of hydrogen-bond donors (Lipinski definition) is 1. The van der Waals surface area contributed by atoms with Gasteiger partial charge in [-0.2, -0.15) is 0 Å². The van der Waals surface area contributed by atoms with Crippen LogP contribution in [0.15, 0.2) is 48.5 Å². The first kappa shape index (κ1) is 18.7. The molecule has 0 aliphatic carbocycles. The number of carboxylic acid groups (broad SMARTS) is 1. The van der Waals surface area contributed by atoms with Gasteiger partial charge in [0.1, 0.15) is 12.4 Å². The van der Waals surface area contributed by atoms with E-state index in [4.69, 9.17) is 14.5 Å². The molecule has 2 heterocycles. The standard InChI is InChI=1S/C23H21N3O4/c27-23(28)16-6-8-20(30-14-11-26-9-12-29-13-10-26)15-5-7-19-22(21(15)16)25-18-4-2-1-3-17(18)24-19/h1-8H,9-14H2,(H,27,28). The van der Waals surface area contributed by atoms with E-state index >= 15 is 0 Å². The highest BCUT2D eigenvalue weighted by molar-refractivity contribution is 6.16. The predicted octanol–water partition coefficient (Wildman–Crippen LogP) is 3.35. The van der Waals surface area contributed by atoms with Crippen molar-refractivity contribution in [3.63, 3.8) is 0 Å². The highest BCUT2D eigenvalue weighted by atomic mass is 16.5. The molecule has 0 saturated carbocycles. The lowest BCUT2D eigenvalue weighted by Crippen LogP contribution is -2.38. The van der Waals surface area contributed by atoms with E-state index in [2.05, 4.69) is 9.88 Å². The minimum absolute atomic E-state index is 0.195. The van der Waals surface area contributed by atoms with Crippen molar-refractivity contribution in [2.45, 2.75) is 0 Å². The van der Waals surface area contributed by atoms with Gasteiger partial charge in [-0.1, -0.05) is 12.1 Å². The molecule has 0 atom stereocenters. The minimum Gasteiger partial charge on any atom is -0.492 e. The van der Waals surface area contributed by atoms with Crippen molar-refractivity contribution >= 4 is 38.8 Å². The summed E-state index contributed by atoms with van der Waals surface area (Å²) < 4.78 is 11.4. The van der Waals surface area contributed by atoms with Crippen molar-refractivity contribution in [2.75, 3.05) is 39.5 Å². The number of ether oxygens (including phenoxy) is 2. The van der Waals surface area contributed by atoms with Crippen LogP contribution in [0.25, 0.3) is 32.8 Å². The summed E-state index contributed by atoms with van der Waals surface area (Å²) in [5, 5.41) is 11.1. The van der Waals surface area contributed by atoms with Gasteiger partial charge < -0.3 is 14.6 Å². The summed E-state index contributed by atoms with van der Waals surface area (Å²) in [6, 6.07) is 14.6. The quantitative estimate of drug-likeness (QED) is 0.404. The van der Waals surface area contributed by atoms with Crippen LogP contribution in [0.2, 0.25) is 0 Å². The molecule has 7 nitrogen and oxygen atoms in total. The first-order valence-electron chi connectivity index (χ1n) is 9.99. The van der Waals surface area contributed by atoms with Crippen LogP contribution >= 0.6 is 0 Å². The fourth-order valence-electron chi connectivity index (χ4n) is 3.91. The Bertz CT molecular complexity index is 1250. The monoisotopic (exact) mass is 403 g/mol. The molecule has 1 aromatic heterocycles. The van der Waals surface area contributed by atoms with Gasteiger partial charge >= 0.3 is 5.97 Å². The molecule has 1 saturated heterocycles. The minimum atomic E-state index is -0.998. The van der Waals surface area contributed by atoms with Crippen LogP contribution in [0, 0.1) is 0 Å². The van der Waals surface area contributed by atoms with Crippen molar-refractivity contribution < 1.29 is 19.4 Å². The number of nitrogens with zero attached hydrogens (tertiary/aromatic N) is 3. The number of morpholine rings is 1. The number of aromatic nitrogens is 2. The van der Waals surface area contributed by atoms with Gasteiger partial charge in [-0.25, -0.2) is 14.8 Å². The fourth-order valence-corrected chi connectivity index (χ4v) is 3.91. The molecule has 1 fully saturated rings. The Morgan fingerprint density at radius 1 is 1.00 bits per heavy atom. The second kappa shape index (κ2) is 7.85. The molecule has 0 amide bonds. The molecule has 1 N–H and O–H groups in total. The first-order valence-corrected chi connectivity index (χ1v) is 9.99. The summed E-state index contributed by atoms with van der Waals surface area (Å²) in [4.78, 5) is 23.6. The van der Waals surface area contributed by atoms with E-state index in [1.165, 1.54) is 0 Å². The third-order valence-electron chi connectivity index (χ3n) is 5.45. The lowest BCUT2D eigenvalue weighted by molar-refractivity contribution is 0.0323. The van der Waals surface area contributed by atoms with Gasteiger partial charge in [0, 0.05) is 30.4 Å². The van der Waals surface area contributed by atoms with Crippen LogP contribution in [0.1, 0.15) is 10.4 Å². The van der Waals surface area contributed by atoms with Gasteiger partial charge in [-0.15, -0.1) is 0 Å². The fraction of sp³-hybridized carbons (Fsp3) is 0.261. The zero-order valence-electron chi connectivity index (χ0n) is 16.4. The number of benzene rings is 3. The molecule has 1 aliphatic heterocycles. The summed E-state index contributed by atoms with van der Waals surface area (Å²) >= 11 is 0. The third kappa shape index (κ3) is 3.42. The molecular weight excluding hydrogens is 382 g/mol. The lowest BCUT2D eigenvalue weighted by Gasteiger charge is -2.26. The largest absolute Gasteiger partial charge is 0.492 e. The van der Waals surface area contributed by atoms with E-state index in [0.717, 1.165) is 49.3 Å². The number of rotatable bonds is 5. The van der Waals surface area contributed by atoms with Crippen LogP contribution in [0.3, 0.4) is 0 Å². The van der Waals surface area contributed by atoms with Crippen molar-refractivity contribution in [1.82, 2.24) is 14.9 Å². The number of para-hydroxylation sites is 2. The van der Waals surface area contributed by atoms with E-state index in [1.54, 1.807) is 12.1 Å². The Morgan fingerprint density at radius 2 is 1.77 bits per heavy atom. The van der Waals surface area contributed by atoms with Crippen molar-refractivity contribution in [3.8, 4) is 5.75 Å². The zero-order valence-corrected chi connectivity index (χ0v) is 16.4. The maximum atomic E-state index is 11.9. The second-order valence-corrected chi connectivity index (χ2v) is 7.29. The SMILES string of the molecule is O=C(O)c1ccc(OCCN2CCOCC2)c2ccc3nc4ccccc4nc3c12. The van der Waals surface area contributed by atoms with E-state index in [-0.39, 0.29) is 5.56 Å². The maximum Gasteiger partial charge on any atom is 0.336 e. The van der Waals surface area contributed by atoms with E-state index in [0.29, 0.717) is 28.8 Å². The maximum absolute atomic E-state index is 11.9. The summed E-state index contributed by atoms with van der Waals surface area (Å²) in [5.41, 5.74) is 2.93. The van der Waals surface area contributed by atoms with Crippen LogP contribution in [-0.4, -0.2) is 65.4 Å². The summed E-state index contributed by atoms with van der Waals surface area (Å²) in [6.07, 6.45) is 0. The number of hydrogen-bond acceptors (Lipinski definition) is 6. The smallest absolute Gasteiger partial charge is 0.336 e. The molecule has 3 aromatic carbocycles. The van der Waals surface area contributed by atoms with Gasteiger partial charge in [0.2, 0.25) is 0 Å². The molecule has 0 radical (unpaired) electrons. The first-order chi connectivity index (χ1) is 14.7. The average Bonchev–Trinajstić information content (AvgIpc) is 2.78. The summed E-state index contributed by atoms with van der Waals surface area (Å²) in [7, 11) is 0. The van der Waals surface area contributed by atoms with Gasteiger partial charge in [0.15, 0.2) is 0 Å². The average molecular weight is 403 g/mol. The van der Waals surface area contributed by atoms with Crippen LogP contribution < -0.4 is 4.74 Å². The van der Waals surface area contributed by atoms with Crippen LogP contribution in [-0.2, 0) is 4.74 Å². The zero-order chi connectivity index (χ0) is 20.5. The molecule has 152 valence electrons. The van der Waals surface area contributed by atoms with E-state index in [9.17, 15) is 9.90 Å². The molecule has 5 rings (SSSR count). The van der Waals surface area contributed by atoms with Crippen LogP contribution in [0.5, 0.6) is 5.75 Å².